The van der Waals surface area contributed by atoms with Gasteiger partial charge in [0, 0.05) is 24.7 Å². The van der Waals surface area contributed by atoms with Gasteiger partial charge in [0.05, 0.1) is 0 Å². The van der Waals surface area contributed by atoms with Crippen molar-refractivity contribution in [2.75, 3.05) is 13.1 Å². The molecule has 2 aliphatic carbocycles. The van der Waals surface area contributed by atoms with Crippen molar-refractivity contribution in [1.82, 2.24) is 10.2 Å². The van der Waals surface area contributed by atoms with E-state index in [2.05, 4.69) is 10.2 Å². The molecule has 3 rings (SSSR count). The highest BCUT2D eigenvalue weighted by molar-refractivity contribution is 4.87. The zero-order valence-electron chi connectivity index (χ0n) is 13.3. The van der Waals surface area contributed by atoms with E-state index in [-0.39, 0.29) is 0 Å². The van der Waals surface area contributed by atoms with Gasteiger partial charge in [-0.3, -0.25) is 4.90 Å². The van der Waals surface area contributed by atoms with E-state index in [1.165, 1.54) is 96.6 Å². The van der Waals surface area contributed by atoms with Crippen LogP contribution in [0.15, 0.2) is 0 Å². The summed E-state index contributed by atoms with van der Waals surface area (Å²) >= 11 is 0. The van der Waals surface area contributed by atoms with Crippen LogP contribution in [0.25, 0.3) is 0 Å². The molecule has 116 valence electrons. The van der Waals surface area contributed by atoms with Crippen LogP contribution in [-0.2, 0) is 0 Å². The van der Waals surface area contributed by atoms with E-state index in [0.717, 1.165) is 18.1 Å². The van der Waals surface area contributed by atoms with Gasteiger partial charge in [-0.15, -0.1) is 0 Å². The molecule has 0 aromatic carbocycles. The second-order valence-electron chi connectivity index (χ2n) is 7.43. The van der Waals surface area contributed by atoms with Crippen LogP contribution in [0.3, 0.4) is 0 Å². The molecule has 3 fully saturated rings. The molecule has 1 saturated heterocycles. The predicted molar refractivity (Wildman–Crippen MR) is 86.1 cm³/mol. The molecule has 1 N–H and O–H groups in total. The molecule has 20 heavy (non-hydrogen) atoms. The van der Waals surface area contributed by atoms with E-state index in [1.807, 2.05) is 0 Å². The smallest absolute Gasteiger partial charge is 0.0195 e. The summed E-state index contributed by atoms with van der Waals surface area (Å²) in [5.41, 5.74) is 0. The van der Waals surface area contributed by atoms with Gasteiger partial charge in [-0.25, -0.2) is 0 Å². The van der Waals surface area contributed by atoms with Gasteiger partial charge in [-0.1, -0.05) is 44.9 Å². The van der Waals surface area contributed by atoms with Crippen molar-refractivity contribution in [2.45, 2.75) is 102 Å². The topological polar surface area (TPSA) is 15.3 Å². The average Bonchev–Trinajstić information content (AvgIpc) is 2.55. The summed E-state index contributed by atoms with van der Waals surface area (Å²) in [6.07, 6.45) is 19.0. The molecule has 0 amide bonds. The maximum atomic E-state index is 3.79. The van der Waals surface area contributed by atoms with Crippen molar-refractivity contribution >= 4 is 0 Å². The first-order chi connectivity index (χ1) is 9.93. The molecule has 2 nitrogen and oxygen atoms in total. The van der Waals surface area contributed by atoms with Crippen molar-refractivity contribution in [3.63, 3.8) is 0 Å². The minimum absolute atomic E-state index is 0.785. The fourth-order valence-electron chi connectivity index (χ4n) is 4.76. The zero-order chi connectivity index (χ0) is 13.6. The Kier molecular flexibility index (Phi) is 5.78. The maximum absolute atomic E-state index is 3.79. The lowest BCUT2D eigenvalue weighted by atomic mass is 9.88. The molecule has 3 aliphatic rings. The number of nitrogens with one attached hydrogen (secondary N) is 1. The first-order valence-electron chi connectivity index (χ1n) is 9.42. The van der Waals surface area contributed by atoms with Gasteiger partial charge in [0.2, 0.25) is 0 Å². The highest BCUT2D eigenvalue weighted by Gasteiger charge is 2.30. The monoisotopic (exact) mass is 278 g/mol. The Morgan fingerprint density at radius 1 is 0.650 bits per heavy atom. The molecule has 2 saturated carbocycles. The van der Waals surface area contributed by atoms with Crippen LogP contribution in [0, 0.1) is 0 Å². The quantitative estimate of drug-likeness (QED) is 0.833. The summed E-state index contributed by atoms with van der Waals surface area (Å²) < 4.78 is 0. The van der Waals surface area contributed by atoms with Gasteiger partial charge < -0.3 is 5.32 Å². The molecule has 1 unspecified atom stereocenters. The highest BCUT2D eigenvalue weighted by atomic mass is 15.2. The van der Waals surface area contributed by atoms with Gasteiger partial charge >= 0.3 is 0 Å². The second-order valence-corrected chi connectivity index (χ2v) is 7.43. The number of hydrogen-bond acceptors (Lipinski definition) is 2. The molecule has 1 aliphatic heterocycles. The molecule has 0 aromatic rings. The third kappa shape index (κ3) is 3.98. The Balaban J connectivity index is 1.61. The highest BCUT2D eigenvalue weighted by Crippen LogP contribution is 2.30. The summed E-state index contributed by atoms with van der Waals surface area (Å²) in [5, 5.41) is 3.79. The van der Waals surface area contributed by atoms with E-state index < -0.39 is 0 Å². The van der Waals surface area contributed by atoms with Crippen LogP contribution in [-0.4, -0.2) is 36.1 Å². The van der Waals surface area contributed by atoms with Crippen molar-refractivity contribution < 1.29 is 0 Å². The van der Waals surface area contributed by atoms with E-state index in [4.69, 9.17) is 0 Å². The Labute approximate surface area is 125 Å². The van der Waals surface area contributed by atoms with E-state index in [1.54, 1.807) is 0 Å². The predicted octanol–water partition coefficient (Wildman–Crippen LogP) is 4.10. The summed E-state index contributed by atoms with van der Waals surface area (Å²) in [7, 11) is 0. The normalized spacial score (nSPS) is 30.8. The van der Waals surface area contributed by atoms with Gasteiger partial charge in [0.25, 0.3) is 0 Å². The lowest BCUT2D eigenvalue weighted by molar-refractivity contribution is 0.0666. The van der Waals surface area contributed by atoms with Crippen LogP contribution in [0.4, 0.5) is 0 Å². The zero-order valence-corrected chi connectivity index (χ0v) is 13.3. The molecular weight excluding hydrogens is 244 g/mol. The third-order valence-electron chi connectivity index (χ3n) is 5.93. The fourth-order valence-corrected chi connectivity index (χ4v) is 4.76. The van der Waals surface area contributed by atoms with Crippen LogP contribution < -0.4 is 5.32 Å². The molecule has 0 aromatic heterocycles. The average molecular weight is 278 g/mol. The molecule has 0 spiro atoms. The second kappa shape index (κ2) is 7.79. The summed E-state index contributed by atoms with van der Waals surface area (Å²) in [4.78, 5) is 2.97. The lowest BCUT2D eigenvalue weighted by Crippen LogP contribution is -2.52. The van der Waals surface area contributed by atoms with Crippen molar-refractivity contribution in [3.8, 4) is 0 Å². The summed E-state index contributed by atoms with van der Waals surface area (Å²) in [6.45, 7) is 2.60. The van der Waals surface area contributed by atoms with E-state index in [9.17, 15) is 0 Å². The van der Waals surface area contributed by atoms with Gasteiger partial charge in [-0.05, 0) is 45.1 Å². The lowest BCUT2D eigenvalue weighted by Gasteiger charge is -2.44. The minimum Gasteiger partial charge on any atom is -0.313 e. The molecule has 1 heterocycles. The fraction of sp³-hybridized carbons (Fsp3) is 1.00. The van der Waals surface area contributed by atoms with Crippen LogP contribution in [0.5, 0.6) is 0 Å². The molecule has 0 radical (unpaired) electrons. The third-order valence-corrected chi connectivity index (χ3v) is 5.93. The SMILES string of the molecule is C1CCC(N(CC2CCCCN2)C2CCCCC2)CC1. The number of rotatable bonds is 4. The first kappa shape index (κ1) is 14.8. The summed E-state index contributed by atoms with van der Waals surface area (Å²) in [5.74, 6) is 0. The van der Waals surface area contributed by atoms with Crippen LogP contribution in [0.1, 0.15) is 83.5 Å². The molecular formula is C18H34N2. The Morgan fingerprint density at radius 2 is 1.20 bits per heavy atom. The van der Waals surface area contributed by atoms with Gasteiger partial charge in [0.1, 0.15) is 0 Å². The first-order valence-corrected chi connectivity index (χ1v) is 9.42. The van der Waals surface area contributed by atoms with Crippen molar-refractivity contribution in [3.05, 3.63) is 0 Å². The minimum atomic E-state index is 0.785. The standard InChI is InChI=1S/C18H34N2/c1-3-10-17(11-4-1)20(18-12-5-2-6-13-18)15-16-9-7-8-14-19-16/h16-19H,1-15H2. The maximum Gasteiger partial charge on any atom is 0.0195 e. The van der Waals surface area contributed by atoms with Crippen LogP contribution >= 0.6 is 0 Å². The Hall–Kier alpha value is -0.0800. The Bertz CT molecular complexity index is 243. The molecule has 0 bridgehead atoms. The number of nitrogens with zero attached hydrogens (tertiary/aromatic N) is 1. The molecule has 1 atom stereocenters. The largest absolute Gasteiger partial charge is 0.313 e. The Morgan fingerprint density at radius 3 is 1.70 bits per heavy atom. The van der Waals surface area contributed by atoms with E-state index >= 15 is 0 Å². The summed E-state index contributed by atoms with van der Waals surface area (Å²) in [6, 6.07) is 2.61. The van der Waals surface area contributed by atoms with Gasteiger partial charge in [-0.2, -0.15) is 0 Å². The van der Waals surface area contributed by atoms with Crippen molar-refractivity contribution in [1.29, 1.82) is 0 Å². The number of hydrogen-bond donors (Lipinski definition) is 1. The molecule has 2 heteroatoms. The van der Waals surface area contributed by atoms with Crippen LogP contribution in [0.2, 0.25) is 0 Å². The van der Waals surface area contributed by atoms with Gasteiger partial charge in [0.15, 0.2) is 0 Å². The van der Waals surface area contributed by atoms with E-state index in [0.29, 0.717) is 0 Å². The number of piperidine rings is 1. The van der Waals surface area contributed by atoms with Crippen molar-refractivity contribution in [2.24, 2.45) is 0 Å².